The number of likely N-dealkylation sites (tertiary alicyclic amines) is 1. The van der Waals surface area contributed by atoms with Crippen LogP contribution < -0.4 is 10.6 Å². The topological polar surface area (TPSA) is 85.0 Å². The molecule has 1 saturated carbocycles. The van der Waals surface area contributed by atoms with Crippen molar-refractivity contribution in [1.82, 2.24) is 20.0 Å². The molecule has 3 fully saturated rings. The normalized spacial score (nSPS) is 20.8. The van der Waals surface area contributed by atoms with Gasteiger partial charge in [-0.3, -0.25) is 14.5 Å². The molecule has 2 aliphatic heterocycles. The summed E-state index contributed by atoms with van der Waals surface area (Å²) in [5.41, 5.74) is 0.795. The summed E-state index contributed by atoms with van der Waals surface area (Å²) in [6.45, 7) is 4.82. The number of para-hydroxylation sites is 1. The first kappa shape index (κ1) is 23.5. The molecule has 1 aliphatic carbocycles. The standard InChI is InChI=1S/C25H37N5O3/c31-22-12-6-14-28(22)15-7-13-26-24(32)23(20-8-4-5-9-20)29-16-18-30(19-17-29)25(33)27-21-10-2-1-3-11-21/h1-3,10-11,20,23H,4-9,12-19H2,(H,26,32)(H,27,33). The molecule has 1 atom stereocenters. The number of carbonyl (C=O) groups excluding carboxylic acids is 3. The fraction of sp³-hybridized carbons (Fsp3) is 0.640. The van der Waals surface area contributed by atoms with Crippen molar-refractivity contribution in [2.45, 2.75) is 51.0 Å². The van der Waals surface area contributed by atoms with E-state index in [-0.39, 0.29) is 23.9 Å². The second kappa shape index (κ2) is 11.5. The van der Waals surface area contributed by atoms with Crippen molar-refractivity contribution in [2.75, 3.05) is 51.1 Å². The number of hydrogen-bond donors (Lipinski definition) is 2. The van der Waals surface area contributed by atoms with Gasteiger partial charge >= 0.3 is 6.03 Å². The Balaban J connectivity index is 1.26. The van der Waals surface area contributed by atoms with Gasteiger partial charge in [0.05, 0.1) is 6.04 Å². The van der Waals surface area contributed by atoms with E-state index in [0.717, 1.165) is 44.5 Å². The lowest BCUT2D eigenvalue weighted by Gasteiger charge is -2.40. The van der Waals surface area contributed by atoms with E-state index in [1.54, 1.807) is 0 Å². The van der Waals surface area contributed by atoms with Gasteiger partial charge in [0.1, 0.15) is 0 Å². The van der Waals surface area contributed by atoms with Crippen LogP contribution in [-0.2, 0) is 9.59 Å². The second-order valence-corrected chi connectivity index (χ2v) is 9.44. The molecule has 2 heterocycles. The summed E-state index contributed by atoms with van der Waals surface area (Å²) in [5.74, 6) is 0.728. The van der Waals surface area contributed by atoms with Gasteiger partial charge in [-0.05, 0) is 43.7 Å². The largest absolute Gasteiger partial charge is 0.355 e. The number of hydrogen-bond acceptors (Lipinski definition) is 4. The first-order valence-corrected chi connectivity index (χ1v) is 12.5. The van der Waals surface area contributed by atoms with Gasteiger partial charge in [0.15, 0.2) is 0 Å². The van der Waals surface area contributed by atoms with Gasteiger partial charge in [-0.25, -0.2) is 4.79 Å². The Morgan fingerprint density at radius 3 is 2.36 bits per heavy atom. The fourth-order valence-electron chi connectivity index (χ4n) is 5.40. The smallest absolute Gasteiger partial charge is 0.321 e. The third-order valence-corrected chi connectivity index (χ3v) is 7.21. The van der Waals surface area contributed by atoms with Crippen molar-refractivity contribution < 1.29 is 14.4 Å². The van der Waals surface area contributed by atoms with Crippen molar-refractivity contribution in [3.63, 3.8) is 0 Å². The molecule has 33 heavy (non-hydrogen) atoms. The van der Waals surface area contributed by atoms with E-state index in [4.69, 9.17) is 0 Å². The minimum atomic E-state index is -0.125. The lowest BCUT2D eigenvalue weighted by Crippen LogP contribution is -2.58. The maximum absolute atomic E-state index is 13.2. The van der Waals surface area contributed by atoms with Crippen LogP contribution in [0.1, 0.15) is 44.9 Å². The minimum Gasteiger partial charge on any atom is -0.355 e. The molecule has 8 heteroatoms. The van der Waals surface area contributed by atoms with Crippen molar-refractivity contribution >= 4 is 23.5 Å². The van der Waals surface area contributed by atoms with Gasteiger partial charge in [0.25, 0.3) is 0 Å². The highest BCUT2D eigenvalue weighted by Gasteiger charge is 2.37. The molecule has 4 rings (SSSR count). The monoisotopic (exact) mass is 455 g/mol. The summed E-state index contributed by atoms with van der Waals surface area (Å²) in [4.78, 5) is 43.6. The molecule has 8 nitrogen and oxygen atoms in total. The molecule has 1 unspecified atom stereocenters. The highest BCUT2D eigenvalue weighted by atomic mass is 16.2. The molecule has 2 saturated heterocycles. The summed E-state index contributed by atoms with van der Waals surface area (Å²) >= 11 is 0. The van der Waals surface area contributed by atoms with E-state index in [2.05, 4.69) is 15.5 Å². The molecule has 1 aromatic rings. The summed E-state index contributed by atoms with van der Waals surface area (Å²) in [7, 11) is 0. The van der Waals surface area contributed by atoms with Crippen LogP contribution in [0.5, 0.6) is 0 Å². The zero-order valence-electron chi connectivity index (χ0n) is 19.5. The molecule has 3 aliphatic rings. The van der Waals surface area contributed by atoms with Crippen LogP contribution in [0, 0.1) is 5.92 Å². The molecule has 0 bridgehead atoms. The lowest BCUT2D eigenvalue weighted by molar-refractivity contribution is -0.129. The Labute approximate surface area is 196 Å². The second-order valence-electron chi connectivity index (χ2n) is 9.44. The Bertz CT molecular complexity index is 804. The highest BCUT2D eigenvalue weighted by molar-refractivity contribution is 5.89. The van der Waals surface area contributed by atoms with Crippen LogP contribution in [0.25, 0.3) is 0 Å². The van der Waals surface area contributed by atoms with Gasteiger partial charge in [-0.15, -0.1) is 0 Å². The summed E-state index contributed by atoms with van der Waals surface area (Å²) in [6.07, 6.45) is 6.96. The quantitative estimate of drug-likeness (QED) is 0.590. The summed E-state index contributed by atoms with van der Waals surface area (Å²) in [5, 5.41) is 6.11. The number of carbonyl (C=O) groups is 3. The Hall–Kier alpha value is -2.61. The molecule has 0 spiro atoms. The molecule has 1 aromatic carbocycles. The van der Waals surface area contributed by atoms with Crippen LogP contribution >= 0.6 is 0 Å². The molecule has 0 radical (unpaired) electrons. The van der Waals surface area contributed by atoms with E-state index in [0.29, 0.717) is 45.1 Å². The van der Waals surface area contributed by atoms with Crippen LogP contribution in [0.3, 0.4) is 0 Å². The van der Waals surface area contributed by atoms with Crippen LogP contribution in [-0.4, -0.2) is 84.4 Å². The SMILES string of the molecule is O=C(NCCCN1CCCC1=O)C(C1CCCC1)N1CCN(C(=O)Nc2ccccc2)CC1. The molecular formula is C25H37N5O3. The number of urea groups is 1. The average Bonchev–Trinajstić information content (AvgIpc) is 3.50. The molecule has 4 amide bonds. The number of nitrogens with one attached hydrogen (secondary N) is 2. The summed E-state index contributed by atoms with van der Waals surface area (Å²) < 4.78 is 0. The predicted molar refractivity (Wildman–Crippen MR) is 128 cm³/mol. The van der Waals surface area contributed by atoms with E-state index in [9.17, 15) is 14.4 Å². The average molecular weight is 456 g/mol. The Morgan fingerprint density at radius 2 is 1.70 bits per heavy atom. The van der Waals surface area contributed by atoms with Crippen LogP contribution in [0.4, 0.5) is 10.5 Å². The van der Waals surface area contributed by atoms with Gasteiger partial charge in [0.2, 0.25) is 11.8 Å². The third kappa shape index (κ3) is 6.25. The van der Waals surface area contributed by atoms with Crippen LogP contribution in [0.2, 0.25) is 0 Å². The Kier molecular flexibility index (Phi) is 8.20. The first-order valence-electron chi connectivity index (χ1n) is 12.5. The molecular weight excluding hydrogens is 418 g/mol. The number of piperazine rings is 1. The maximum Gasteiger partial charge on any atom is 0.321 e. The minimum absolute atomic E-state index is 0.0841. The number of anilines is 1. The van der Waals surface area contributed by atoms with Gasteiger partial charge in [-0.2, -0.15) is 0 Å². The molecule has 2 N–H and O–H groups in total. The van der Waals surface area contributed by atoms with Crippen molar-refractivity contribution in [1.29, 1.82) is 0 Å². The van der Waals surface area contributed by atoms with Crippen LogP contribution in [0.15, 0.2) is 30.3 Å². The fourth-order valence-corrected chi connectivity index (χ4v) is 5.40. The zero-order valence-corrected chi connectivity index (χ0v) is 19.5. The van der Waals surface area contributed by atoms with Gasteiger partial charge in [0, 0.05) is 57.9 Å². The van der Waals surface area contributed by atoms with E-state index in [1.165, 1.54) is 12.8 Å². The highest BCUT2D eigenvalue weighted by Crippen LogP contribution is 2.31. The molecule has 0 aromatic heterocycles. The van der Waals surface area contributed by atoms with Gasteiger partial charge < -0.3 is 20.4 Å². The zero-order chi connectivity index (χ0) is 23.0. The van der Waals surface area contributed by atoms with Crippen molar-refractivity contribution in [2.24, 2.45) is 5.92 Å². The first-order chi connectivity index (χ1) is 16.1. The third-order valence-electron chi connectivity index (χ3n) is 7.21. The number of nitrogens with zero attached hydrogens (tertiary/aromatic N) is 3. The van der Waals surface area contributed by atoms with Crippen molar-refractivity contribution in [3.05, 3.63) is 30.3 Å². The lowest BCUT2D eigenvalue weighted by atomic mass is 9.95. The van der Waals surface area contributed by atoms with E-state index >= 15 is 0 Å². The number of amides is 4. The predicted octanol–water partition coefficient (Wildman–Crippen LogP) is 2.52. The maximum atomic E-state index is 13.2. The Morgan fingerprint density at radius 1 is 0.970 bits per heavy atom. The number of benzene rings is 1. The van der Waals surface area contributed by atoms with Gasteiger partial charge in [-0.1, -0.05) is 31.0 Å². The van der Waals surface area contributed by atoms with Crippen molar-refractivity contribution in [3.8, 4) is 0 Å². The van der Waals surface area contributed by atoms with E-state index < -0.39 is 0 Å². The molecule has 180 valence electrons. The summed E-state index contributed by atoms with van der Waals surface area (Å²) in [6, 6.07) is 9.29. The van der Waals surface area contributed by atoms with E-state index in [1.807, 2.05) is 40.1 Å². The number of rotatable bonds is 8.